The van der Waals surface area contributed by atoms with Crippen molar-refractivity contribution in [2.75, 3.05) is 23.9 Å². The summed E-state index contributed by atoms with van der Waals surface area (Å²) in [6.07, 6.45) is 1.71. The van der Waals surface area contributed by atoms with Gasteiger partial charge in [0.05, 0.1) is 11.6 Å². The molecule has 3 amide bonds. The normalized spacial score (nSPS) is 15.4. The quantitative estimate of drug-likeness (QED) is 0.454. The molecule has 1 atom stereocenters. The number of hydrogen-bond donors (Lipinski definition) is 3. The lowest BCUT2D eigenvalue weighted by Gasteiger charge is -2.14. The Morgan fingerprint density at radius 2 is 1.91 bits per heavy atom. The van der Waals surface area contributed by atoms with E-state index in [1.165, 1.54) is 4.68 Å². The standard InChI is InChI=1S/C24H25BrN4O4/c1-14-5-7-19(15(2)10-14)27-22(30)21-12-16-11-17(25)6-8-20(16)29(21)28-24(32)23(31)26-13-18-4-3-9-33-18/h5-8,10-12,18H,3-4,9,13H2,1-2H3,(H,26,31)(H,27,30)(H,28,32)/t18-/m0/s1. The molecule has 9 heteroatoms. The van der Waals surface area contributed by atoms with Gasteiger partial charge in [-0.2, -0.15) is 0 Å². The van der Waals surface area contributed by atoms with Crippen LogP contribution >= 0.6 is 15.9 Å². The number of rotatable bonds is 5. The van der Waals surface area contributed by atoms with Gasteiger partial charge in [-0.25, -0.2) is 4.68 Å². The average Bonchev–Trinajstić information content (AvgIpc) is 3.42. The van der Waals surface area contributed by atoms with Gasteiger partial charge in [-0.1, -0.05) is 33.6 Å². The van der Waals surface area contributed by atoms with Gasteiger partial charge in [-0.15, -0.1) is 0 Å². The van der Waals surface area contributed by atoms with Crippen LogP contribution in [0.1, 0.15) is 34.5 Å². The zero-order chi connectivity index (χ0) is 23.5. The highest BCUT2D eigenvalue weighted by molar-refractivity contribution is 9.10. The molecule has 1 aliphatic heterocycles. The van der Waals surface area contributed by atoms with Crippen molar-refractivity contribution in [3.8, 4) is 0 Å². The summed E-state index contributed by atoms with van der Waals surface area (Å²) in [5.41, 5.74) is 6.03. The highest BCUT2D eigenvalue weighted by Gasteiger charge is 2.23. The maximum absolute atomic E-state index is 13.2. The molecule has 3 N–H and O–H groups in total. The van der Waals surface area contributed by atoms with Crippen molar-refractivity contribution in [3.63, 3.8) is 0 Å². The van der Waals surface area contributed by atoms with Crippen LogP contribution in [0, 0.1) is 13.8 Å². The first-order chi connectivity index (χ1) is 15.8. The van der Waals surface area contributed by atoms with Gasteiger partial charge in [0, 0.05) is 28.7 Å². The largest absolute Gasteiger partial charge is 0.376 e. The summed E-state index contributed by atoms with van der Waals surface area (Å²) in [4.78, 5) is 38.2. The number of amides is 3. The van der Waals surface area contributed by atoms with Crippen molar-refractivity contribution < 1.29 is 19.1 Å². The van der Waals surface area contributed by atoms with Crippen LogP contribution < -0.4 is 16.1 Å². The lowest BCUT2D eigenvalue weighted by atomic mass is 10.1. The van der Waals surface area contributed by atoms with Gasteiger partial charge in [-0.05, 0) is 62.6 Å². The van der Waals surface area contributed by atoms with Gasteiger partial charge < -0.3 is 15.4 Å². The number of carbonyl (C=O) groups is 3. The van der Waals surface area contributed by atoms with Gasteiger partial charge in [0.25, 0.3) is 5.91 Å². The maximum atomic E-state index is 13.2. The molecule has 0 radical (unpaired) electrons. The second kappa shape index (κ2) is 9.76. The molecule has 0 unspecified atom stereocenters. The lowest BCUT2D eigenvalue weighted by Crippen LogP contribution is -2.42. The van der Waals surface area contributed by atoms with E-state index in [4.69, 9.17) is 4.74 Å². The first kappa shape index (κ1) is 23.0. The molecular formula is C24H25BrN4O4. The molecule has 4 rings (SSSR count). The van der Waals surface area contributed by atoms with E-state index in [0.29, 0.717) is 17.8 Å². The number of carbonyl (C=O) groups excluding carboxylic acids is 3. The van der Waals surface area contributed by atoms with Crippen LogP contribution in [0.3, 0.4) is 0 Å². The number of fused-ring (bicyclic) bond motifs is 1. The van der Waals surface area contributed by atoms with Crippen molar-refractivity contribution in [3.05, 3.63) is 63.8 Å². The molecule has 1 aromatic heterocycles. The second-order valence-electron chi connectivity index (χ2n) is 8.13. The zero-order valence-electron chi connectivity index (χ0n) is 18.4. The summed E-state index contributed by atoms with van der Waals surface area (Å²) in [5, 5.41) is 6.22. The molecule has 1 saturated heterocycles. The Kier molecular flexibility index (Phi) is 6.80. The number of anilines is 1. The molecular weight excluding hydrogens is 488 g/mol. The van der Waals surface area contributed by atoms with Crippen molar-refractivity contribution in [2.24, 2.45) is 0 Å². The van der Waals surface area contributed by atoms with E-state index in [9.17, 15) is 14.4 Å². The molecule has 2 aromatic carbocycles. The molecule has 3 aromatic rings. The van der Waals surface area contributed by atoms with E-state index in [2.05, 4.69) is 32.0 Å². The molecule has 0 saturated carbocycles. The van der Waals surface area contributed by atoms with Crippen LogP contribution in [0.4, 0.5) is 5.69 Å². The Bertz CT molecular complexity index is 1230. The van der Waals surface area contributed by atoms with Gasteiger partial charge in [0.15, 0.2) is 0 Å². The molecule has 0 bridgehead atoms. The summed E-state index contributed by atoms with van der Waals surface area (Å²) in [7, 11) is 0. The fourth-order valence-electron chi connectivity index (χ4n) is 3.86. The Morgan fingerprint density at radius 3 is 2.64 bits per heavy atom. The van der Waals surface area contributed by atoms with Gasteiger partial charge in [0.1, 0.15) is 5.69 Å². The minimum absolute atomic E-state index is 0.0782. The van der Waals surface area contributed by atoms with Crippen molar-refractivity contribution in [2.45, 2.75) is 32.8 Å². The summed E-state index contributed by atoms with van der Waals surface area (Å²) in [6.45, 7) is 4.82. The summed E-state index contributed by atoms with van der Waals surface area (Å²) < 4.78 is 7.64. The van der Waals surface area contributed by atoms with E-state index >= 15 is 0 Å². The van der Waals surface area contributed by atoms with Gasteiger partial charge in [-0.3, -0.25) is 19.8 Å². The van der Waals surface area contributed by atoms with Crippen LogP contribution in [0.25, 0.3) is 10.9 Å². The number of aromatic nitrogens is 1. The first-order valence-corrected chi connectivity index (χ1v) is 11.5. The maximum Gasteiger partial charge on any atom is 0.328 e. The minimum atomic E-state index is -0.867. The Balaban J connectivity index is 1.58. The fourth-order valence-corrected chi connectivity index (χ4v) is 4.24. The van der Waals surface area contributed by atoms with E-state index < -0.39 is 17.7 Å². The van der Waals surface area contributed by atoms with Crippen molar-refractivity contribution in [1.82, 2.24) is 9.99 Å². The molecule has 0 spiro atoms. The van der Waals surface area contributed by atoms with Crippen LogP contribution in [0.15, 0.2) is 46.9 Å². The van der Waals surface area contributed by atoms with Crippen LogP contribution in [0.5, 0.6) is 0 Å². The second-order valence-corrected chi connectivity index (χ2v) is 9.04. The van der Waals surface area contributed by atoms with E-state index in [1.807, 2.05) is 38.1 Å². The summed E-state index contributed by atoms with van der Waals surface area (Å²) in [5.74, 6) is -2.06. The first-order valence-electron chi connectivity index (χ1n) is 10.7. The highest BCUT2D eigenvalue weighted by atomic mass is 79.9. The van der Waals surface area contributed by atoms with E-state index in [-0.39, 0.29) is 18.3 Å². The molecule has 8 nitrogen and oxygen atoms in total. The number of benzene rings is 2. The van der Waals surface area contributed by atoms with Crippen molar-refractivity contribution in [1.29, 1.82) is 0 Å². The molecule has 33 heavy (non-hydrogen) atoms. The number of halogens is 1. The molecule has 1 aliphatic rings. The number of aryl methyl sites for hydroxylation is 2. The smallest absolute Gasteiger partial charge is 0.328 e. The number of ether oxygens (including phenoxy) is 1. The fraction of sp³-hybridized carbons (Fsp3) is 0.292. The van der Waals surface area contributed by atoms with Gasteiger partial charge >= 0.3 is 11.8 Å². The monoisotopic (exact) mass is 512 g/mol. The van der Waals surface area contributed by atoms with Crippen LogP contribution in [0.2, 0.25) is 0 Å². The SMILES string of the molecule is Cc1ccc(NC(=O)c2cc3cc(Br)ccc3n2NC(=O)C(=O)NC[C@@H]2CCCO2)c(C)c1. The predicted molar refractivity (Wildman–Crippen MR) is 130 cm³/mol. The minimum Gasteiger partial charge on any atom is -0.376 e. The van der Waals surface area contributed by atoms with E-state index in [0.717, 1.165) is 33.8 Å². The predicted octanol–water partition coefficient (Wildman–Crippen LogP) is 3.64. The zero-order valence-corrected chi connectivity index (χ0v) is 20.0. The third-order valence-corrected chi connectivity index (χ3v) is 6.05. The topological polar surface area (TPSA) is 101 Å². The third kappa shape index (κ3) is 5.26. The van der Waals surface area contributed by atoms with E-state index in [1.54, 1.807) is 18.2 Å². The Hall–Kier alpha value is -3.17. The number of nitrogens with zero attached hydrogens (tertiary/aromatic N) is 1. The highest BCUT2D eigenvalue weighted by Crippen LogP contribution is 2.24. The summed E-state index contributed by atoms with van der Waals surface area (Å²) >= 11 is 3.43. The Morgan fingerprint density at radius 1 is 1.09 bits per heavy atom. The molecule has 1 fully saturated rings. The third-order valence-electron chi connectivity index (χ3n) is 5.56. The lowest BCUT2D eigenvalue weighted by molar-refractivity contribution is -0.136. The van der Waals surface area contributed by atoms with Gasteiger partial charge in [0.2, 0.25) is 0 Å². The van der Waals surface area contributed by atoms with Crippen LogP contribution in [-0.2, 0) is 14.3 Å². The Labute approximate surface area is 199 Å². The molecule has 172 valence electrons. The average molecular weight is 513 g/mol. The van der Waals surface area contributed by atoms with Crippen LogP contribution in [-0.4, -0.2) is 41.7 Å². The number of nitrogens with one attached hydrogen (secondary N) is 3. The van der Waals surface area contributed by atoms with Crippen molar-refractivity contribution >= 4 is 50.2 Å². The molecule has 0 aliphatic carbocycles. The molecule has 2 heterocycles. The summed E-state index contributed by atoms with van der Waals surface area (Å²) in [6, 6.07) is 12.8. The number of hydrogen-bond acceptors (Lipinski definition) is 4.